The van der Waals surface area contributed by atoms with E-state index in [1.165, 1.54) is 0 Å². The number of rotatable bonds is 10. The minimum atomic E-state index is -1.31. The van der Waals surface area contributed by atoms with Crippen LogP contribution in [-0.2, 0) is 38.2 Å². The number of carbonyl (C=O) groups is 5. The maximum Gasteiger partial charge on any atom is 0.331 e. The first-order chi connectivity index (χ1) is 14.6. The van der Waals surface area contributed by atoms with Crippen LogP contribution in [0.4, 0.5) is 0 Å². The largest absolute Gasteiger partial charge is 0.478 e. The highest BCUT2D eigenvalue weighted by Crippen LogP contribution is 2.22. The monoisotopic (exact) mass is 444 g/mol. The number of hydrogen-bond acceptors (Lipinski definition) is 9. The second kappa shape index (κ2) is 15.6. The van der Waals surface area contributed by atoms with E-state index in [2.05, 4.69) is 0 Å². The van der Waals surface area contributed by atoms with Gasteiger partial charge in [-0.3, -0.25) is 4.79 Å². The summed E-state index contributed by atoms with van der Waals surface area (Å²) in [5.74, 6) is -4.50. The summed E-state index contributed by atoms with van der Waals surface area (Å²) in [5.41, 5.74) is -1.07. The Kier molecular flexibility index (Phi) is 14.0. The number of aliphatic hydroxyl groups is 1. The molecule has 1 fully saturated rings. The molecular weight excluding hydrogens is 416 g/mol. The first-order valence-corrected chi connectivity index (χ1v) is 9.56. The van der Waals surface area contributed by atoms with Crippen molar-refractivity contribution in [1.29, 1.82) is 0 Å². The van der Waals surface area contributed by atoms with Gasteiger partial charge in [-0.15, -0.1) is 0 Å². The van der Waals surface area contributed by atoms with E-state index in [4.69, 9.17) is 24.4 Å². The van der Waals surface area contributed by atoms with Crippen molar-refractivity contribution in [3.05, 3.63) is 24.3 Å². The number of aliphatic carboxylic acids is 2. The first kappa shape index (κ1) is 27.8. The SMILES string of the molecule is CCC(CO)(COC(=O)/C=C\C(=O)O)COC(=O)/C=C\C(=O)O.O=C1CCCCCO1. The average molecular weight is 444 g/mol. The maximum atomic E-state index is 11.3. The summed E-state index contributed by atoms with van der Waals surface area (Å²) in [7, 11) is 0. The molecule has 0 saturated carbocycles. The van der Waals surface area contributed by atoms with Crippen LogP contribution in [-0.4, -0.2) is 71.6 Å². The van der Waals surface area contributed by atoms with Gasteiger partial charge in [-0.05, 0) is 25.7 Å². The van der Waals surface area contributed by atoms with E-state index in [1.807, 2.05) is 0 Å². The predicted octanol–water partition coefficient (Wildman–Crippen LogP) is 0.847. The second-order valence-electron chi connectivity index (χ2n) is 6.60. The van der Waals surface area contributed by atoms with E-state index in [-0.39, 0.29) is 25.6 Å². The van der Waals surface area contributed by atoms with Crippen molar-refractivity contribution in [3.63, 3.8) is 0 Å². The van der Waals surface area contributed by atoms with Gasteiger partial charge in [0.1, 0.15) is 13.2 Å². The number of esters is 3. The Balaban J connectivity index is 0.000000929. The molecule has 0 spiro atoms. The number of ether oxygens (including phenoxy) is 3. The molecular formula is C20H28O11. The molecule has 1 saturated heterocycles. The lowest BCUT2D eigenvalue weighted by molar-refractivity contribution is -0.151. The number of hydrogen-bond donors (Lipinski definition) is 3. The average Bonchev–Trinajstić information content (AvgIpc) is 2.99. The molecule has 31 heavy (non-hydrogen) atoms. The molecule has 174 valence electrons. The van der Waals surface area contributed by atoms with Crippen LogP contribution in [0.1, 0.15) is 39.0 Å². The summed E-state index contributed by atoms with van der Waals surface area (Å²) >= 11 is 0. The van der Waals surface area contributed by atoms with E-state index in [0.29, 0.717) is 37.3 Å². The van der Waals surface area contributed by atoms with Crippen molar-refractivity contribution < 1.29 is 53.5 Å². The molecule has 0 aromatic heterocycles. The fourth-order valence-corrected chi connectivity index (χ4v) is 2.08. The van der Waals surface area contributed by atoms with Gasteiger partial charge in [-0.2, -0.15) is 0 Å². The molecule has 0 aliphatic carbocycles. The van der Waals surface area contributed by atoms with Crippen molar-refractivity contribution in [2.75, 3.05) is 26.4 Å². The molecule has 0 aromatic carbocycles. The molecule has 1 aliphatic rings. The van der Waals surface area contributed by atoms with Gasteiger partial charge in [0.15, 0.2) is 0 Å². The summed E-state index contributed by atoms with van der Waals surface area (Å²) < 4.78 is 14.4. The van der Waals surface area contributed by atoms with Crippen LogP contribution in [0.3, 0.4) is 0 Å². The fourth-order valence-electron chi connectivity index (χ4n) is 2.08. The lowest BCUT2D eigenvalue weighted by Gasteiger charge is -2.28. The molecule has 0 aromatic rings. The van der Waals surface area contributed by atoms with Gasteiger partial charge in [-0.25, -0.2) is 19.2 Å². The Morgan fingerprint density at radius 3 is 1.87 bits per heavy atom. The minimum Gasteiger partial charge on any atom is -0.478 e. The van der Waals surface area contributed by atoms with Gasteiger partial charge in [0.05, 0.1) is 18.6 Å². The smallest absolute Gasteiger partial charge is 0.331 e. The molecule has 0 unspecified atom stereocenters. The molecule has 3 N–H and O–H groups in total. The zero-order chi connectivity index (χ0) is 23.7. The van der Waals surface area contributed by atoms with Crippen LogP contribution in [0.5, 0.6) is 0 Å². The predicted molar refractivity (Wildman–Crippen MR) is 105 cm³/mol. The van der Waals surface area contributed by atoms with E-state index < -0.39 is 35.9 Å². The summed E-state index contributed by atoms with van der Waals surface area (Å²) in [6.07, 6.45) is 6.74. The Hall–Kier alpha value is -3.21. The van der Waals surface area contributed by atoms with Gasteiger partial charge >= 0.3 is 29.8 Å². The lowest BCUT2D eigenvalue weighted by Crippen LogP contribution is -2.37. The number of cyclic esters (lactones) is 1. The fraction of sp³-hybridized carbons (Fsp3) is 0.550. The summed E-state index contributed by atoms with van der Waals surface area (Å²) in [6, 6.07) is 0. The van der Waals surface area contributed by atoms with Crippen LogP contribution in [0, 0.1) is 5.41 Å². The van der Waals surface area contributed by atoms with Gasteiger partial charge in [0, 0.05) is 30.7 Å². The van der Waals surface area contributed by atoms with Crippen molar-refractivity contribution in [2.45, 2.75) is 39.0 Å². The highest BCUT2D eigenvalue weighted by atomic mass is 16.5. The van der Waals surface area contributed by atoms with E-state index in [1.54, 1.807) is 6.92 Å². The molecule has 0 atom stereocenters. The Morgan fingerprint density at radius 1 is 0.935 bits per heavy atom. The number of carboxylic acids is 2. The van der Waals surface area contributed by atoms with Crippen molar-refractivity contribution in [2.24, 2.45) is 5.41 Å². The highest BCUT2D eigenvalue weighted by Gasteiger charge is 2.31. The third kappa shape index (κ3) is 14.4. The van der Waals surface area contributed by atoms with Crippen molar-refractivity contribution in [3.8, 4) is 0 Å². The Labute approximate surface area is 179 Å². The number of aliphatic hydroxyl groups excluding tert-OH is 1. The first-order valence-electron chi connectivity index (χ1n) is 9.56. The van der Waals surface area contributed by atoms with E-state index in [9.17, 15) is 29.1 Å². The Morgan fingerprint density at radius 2 is 1.45 bits per heavy atom. The van der Waals surface area contributed by atoms with Gasteiger partial charge in [0.25, 0.3) is 0 Å². The standard InChI is InChI=1S/C14H18O9.C6H10O2/c1-2-14(7-15,8-22-12(20)5-3-10(16)17)9-23-13(21)6-4-11(18)19;7-6-4-2-1-3-5-8-6/h3-6,15H,2,7-9H2,1H3,(H,16,17)(H,18,19);1-5H2/b5-3-,6-4-;. The molecule has 0 amide bonds. The summed E-state index contributed by atoms with van der Waals surface area (Å²) in [4.78, 5) is 53.6. The highest BCUT2D eigenvalue weighted by molar-refractivity contribution is 5.91. The van der Waals surface area contributed by atoms with Gasteiger partial charge in [0.2, 0.25) is 0 Å². The third-order valence-corrected chi connectivity index (χ3v) is 4.14. The lowest BCUT2D eigenvalue weighted by atomic mass is 9.88. The molecule has 0 bridgehead atoms. The molecule has 1 rings (SSSR count). The number of carbonyl (C=O) groups excluding carboxylic acids is 3. The molecule has 1 heterocycles. The van der Waals surface area contributed by atoms with Crippen LogP contribution in [0.25, 0.3) is 0 Å². The summed E-state index contributed by atoms with van der Waals surface area (Å²) in [6.45, 7) is 1.23. The van der Waals surface area contributed by atoms with Crippen LogP contribution >= 0.6 is 0 Å². The molecule has 0 radical (unpaired) electrons. The quantitative estimate of drug-likeness (QED) is 0.247. The topological polar surface area (TPSA) is 174 Å². The number of carboxylic acid groups (broad SMARTS) is 2. The normalized spacial score (nSPS) is 14.2. The van der Waals surface area contributed by atoms with E-state index >= 15 is 0 Å². The van der Waals surface area contributed by atoms with E-state index in [0.717, 1.165) is 19.3 Å². The van der Waals surface area contributed by atoms with Gasteiger partial charge in [-0.1, -0.05) is 6.92 Å². The zero-order valence-electron chi connectivity index (χ0n) is 17.3. The zero-order valence-corrected chi connectivity index (χ0v) is 17.3. The maximum absolute atomic E-state index is 11.3. The molecule has 11 nitrogen and oxygen atoms in total. The third-order valence-electron chi connectivity index (χ3n) is 4.14. The second-order valence-corrected chi connectivity index (χ2v) is 6.60. The van der Waals surface area contributed by atoms with Gasteiger partial charge < -0.3 is 29.5 Å². The van der Waals surface area contributed by atoms with Crippen molar-refractivity contribution >= 4 is 29.8 Å². The Bertz CT molecular complexity index is 623. The minimum absolute atomic E-state index is 0.0255. The van der Waals surface area contributed by atoms with Crippen LogP contribution in [0.15, 0.2) is 24.3 Å². The van der Waals surface area contributed by atoms with Crippen LogP contribution in [0.2, 0.25) is 0 Å². The van der Waals surface area contributed by atoms with Crippen LogP contribution < -0.4 is 0 Å². The molecule has 1 aliphatic heterocycles. The molecule has 11 heteroatoms. The summed E-state index contributed by atoms with van der Waals surface area (Å²) in [5, 5.41) is 26.2. The van der Waals surface area contributed by atoms with Crippen molar-refractivity contribution in [1.82, 2.24) is 0 Å².